The highest BCUT2D eigenvalue weighted by Crippen LogP contribution is 2.18. The minimum absolute atomic E-state index is 0.258. The molecule has 0 saturated carbocycles. The first-order valence-electron chi connectivity index (χ1n) is 7.76. The van der Waals surface area contributed by atoms with Crippen LogP contribution in [0.2, 0.25) is 5.02 Å². The normalized spacial score (nSPS) is 11.1. The molecule has 25 heavy (non-hydrogen) atoms. The van der Waals surface area contributed by atoms with E-state index in [4.69, 9.17) is 11.6 Å². The summed E-state index contributed by atoms with van der Waals surface area (Å²) in [5, 5.41) is 11.8. The average Bonchev–Trinajstić information content (AvgIpc) is 3.02. The number of para-hydroxylation sites is 2. The zero-order chi connectivity index (χ0) is 17.4. The van der Waals surface area contributed by atoms with Crippen molar-refractivity contribution in [3.8, 4) is 0 Å². The van der Waals surface area contributed by atoms with Crippen LogP contribution in [0.4, 0.5) is 0 Å². The van der Waals surface area contributed by atoms with Gasteiger partial charge in [-0.1, -0.05) is 35.9 Å². The second-order valence-corrected chi connectivity index (χ2v) is 6.10. The second kappa shape index (κ2) is 6.14. The highest BCUT2D eigenvalue weighted by molar-refractivity contribution is 6.30. The fourth-order valence-electron chi connectivity index (χ4n) is 2.74. The van der Waals surface area contributed by atoms with Gasteiger partial charge in [-0.3, -0.25) is 9.20 Å². The molecule has 0 aliphatic carbocycles. The molecule has 0 aliphatic heterocycles. The SMILES string of the molecule is Cc1nnc2c(C(=O)NCc3ccc(Cl)cc3)nc3ccccc3n12. The van der Waals surface area contributed by atoms with Crippen molar-refractivity contribution in [1.29, 1.82) is 0 Å². The lowest BCUT2D eigenvalue weighted by molar-refractivity contribution is 0.0947. The van der Waals surface area contributed by atoms with Gasteiger partial charge in [-0.15, -0.1) is 10.2 Å². The van der Waals surface area contributed by atoms with Crippen molar-refractivity contribution in [2.24, 2.45) is 0 Å². The van der Waals surface area contributed by atoms with E-state index in [2.05, 4.69) is 20.5 Å². The van der Waals surface area contributed by atoms with Gasteiger partial charge in [-0.25, -0.2) is 4.98 Å². The third kappa shape index (κ3) is 2.81. The molecule has 0 bridgehead atoms. The predicted molar refractivity (Wildman–Crippen MR) is 95.6 cm³/mol. The molecule has 0 spiro atoms. The fourth-order valence-corrected chi connectivity index (χ4v) is 2.87. The lowest BCUT2D eigenvalue weighted by Gasteiger charge is -2.08. The summed E-state index contributed by atoms with van der Waals surface area (Å²) >= 11 is 5.88. The van der Waals surface area contributed by atoms with Crippen LogP contribution in [0.5, 0.6) is 0 Å². The molecule has 4 aromatic rings. The number of aryl methyl sites for hydroxylation is 1. The first-order chi connectivity index (χ1) is 12.1. The molecule has 0 atom stereocenters. The van der Waals surface area contributed by atoms with E-state index in [0.717, 1.165) is 16.6 Å². The zero-order valence-electron chi connectivity index (χ0n) is 13.4. The lowest BCUT2D eigenvalue weighted by Crippen LogP contribution is -2.24. The van der Waals surface area contributed by atoms with E-state index in [1.807, 2.05) is 47.7 Å². The number of nitrogens with zero attached hydrogens (tertiary/aromatic N) is 4. The Morgan fingerprint density at radius 3 is 2.68 bits per heavy atom. The maximum absolute atomic E-state index is 12.7. The van der Waals surface area contributed by atoms with E-state index < -0.39 is 0 Å². The van der Waals surface area contributed by atoms with Crippen molar-refractivity contribution in [3.63, 3.8) is 0 Å². The monoisotopic (exact) mass is 351 g/mol. The fraction of sp³-hybridized carbons (Fsp3) is 0.111. The van der Waals surface area contributed by atoms with Crippen LogP contribution < -0.4 is 5.32 Å². The molecule has 1 amide bonds. The van der Waals surface area contributed by atoms with Gasteiger partial charge < -0.3 is 5.32 Å². The third-order valence-electron chi connectivity index (χ3n) is 3.97. The van der Waals surface area contributed by atoms with Crippen molar-refractivity contribution in [2.45, 2.75) is 13.5 Å². The van der Waals surface area contributed by atoms with Gasteiger partial charge >= 0.3 is 0 Å². The van der Waals surface area contributed by atoms with Crippen molar-refractivity contribution in [3.05, 3.63) is 70.6 Å². The Kier molecular flexibility index (Phi) is 3.82. The van der Waals surface area contributed by atoms with Crippen LogP contribution in [0.3, 0.4) is 0 Å². The first-order valence-corrected chi connectivity index (χ1v) is 8.14. The number of rotatable bonds is 3. The smallest absolute Gasteiger partial charge is 0.274 e. The number of nitrogens with one attached hydrogen (secondary N) is 1. The Hall–Kier alpha value is -2.99. The van der Waals surface area contributed by atoms with E-state index in [1.54, 1.807) is 12.1 Å². The van der Waals surface area contributed by atoms with Crippen molar-refractivity contribution in [1.82, 2.24) is 24.9 Å². The van der Waals surface area contributed by atoms with Gasteiger partial charge in [0.15, 0.2) is 11.3 Å². The van der Waals surface area contributed by atoms with Crippen LogP contribution in [0.1, 0.15) is 21.9 Å². The molecular weight excluding hydrogens is 338 g/mol. The summed E-state index contributed by atoms with van der Waals surface area (Å²) in [5.74, 6) is 0.415. The Labute approximate surface area is 148 Å². The number of benzene rings is 2. The molecule has 4 rings (SSSR count). The standard InChI is InChI=1S/C18H14ClN5O/c1-11-22-23-17-16(21-14-4-2-3-5-15(14)24(11)17)18(25)20-10-12-6-8-13(19)9-7-12/h2-9H,10H2,1H3,(H,20,25). The molecule has 2 heterocycles. The zero-order valence-corrected chi connectivity index (χ0v) is 14.2. The number of amides is 1. The minimum Gasteiger partial charge on any atom is -0.347 e. The van der Waals surface area contributed by atoms with E-state index >= 15 is 0 Å². The van der Waals surface area contributed by atoms with Crippen LogP contribution >= 0.6 is 11.6 Å². The van der Waals surface area contributed by atoms with E-state index in [1.165, 1.54) is 0 Å². The number of aromatic nitrogens is 4. The topological polar surface area (TPSA) is 72.2 Å². The highest BCUT2D eigenvalue weighted by atomic mass is 35.5. The molecule has 0 fully saturated rings. The Morgan fingerprint density at radius 1 is 1.12 bits per heavy atom. The summed E-state index contributed by atoms with van der Waals surface area (Å²) in [6.07, 6.45) is 0. The van der Waals surface area contributed by atoms with Crippen molar-refractivity contribution < 1.29 is 4.79 Å². The van der Waals surface area contributed by atoms with Crippen LogP contribution in [-0.4, -0.2) is 25.5 Å². The molecule has 2 aromatic carbocycles. The molecule has 7 heteroatoms. The predicted octanol–water partition coefficient (Wildman–Crippen LogP) is 3.17. The van der Waals surface area contributed by atoms with Gasteiger partial charge in [0.05, 0.1) is 11.0 Å². The highest BCUT2D eigenvalue weighted by Gasteiger charge is 2.18. The van der Waals surface area contributed by atoms with Crippen LogP contribution in [-0.2, 0) is 6.54 Å². The summed E-state index contributed by atoms with van der Waals surface area (Å²) in [4.78, 5) is 17.2. The molecular formula is C18H14ClN5O. The summed E-state index contributed by atoms with van der Waals surface area (Å²) in [6, 6.07) is 14.9. The van der Waals surface area contributed by atoms with Crippen LogP contribution in [0.25, 0.3) is 16.7 Å². The first kappa shape index (κ1) is 15.5. The largest absolute Gasteiger partial charge is 0.347 e. The Morgan fingerprint density at radius 2 is 1.88 bits per heavy atom. The lowest BCUT2D eigenvalue weighted by atomic mass is 10.2. The molecule has 1 N–H and O–H groups in total. The molecule has 0 radical (unpaired) electrons. The van der Waals surface area contributed by atoms with Gasteiger partial charge in [0.1, 0.15) is 5.82 Å². The van der Waals surface area contributed by atoms with Crippen LogP contribution in [0.15, 0.2) is 48.5 Å². The van der Waals surface area contributed by atoms with E-state index in [-0.39, 0.29) is 11.6 Å². The number of hydrogen-bond donors (Lipinski definition) is 1. The van der Waals surface area contributed by atoms with Crippen molar-refractivity contribution in [2.75, 3.05) is 0 Å². The summed E-state index contributed by atoms with van der Waals surface area (Å²) in [7, 11) is 0. The van der Waals surface area contributed by atoms with Crippen molar-refractivity contribution >= 4 is 34.2 Å². The Bertz CT molecular complexity index is 1090. The quantitative estimate of drug-likeness (QED) is 0.615. The van der Waals surface area contributed by atoms with Gasteiger partial charge in [-0.05, 0) is 36.8 Å². The Balaban J connectivity index is 1.72. The number of halogens is 1. The molecule has 6 nitrogen and oxygen atoms in total. The number of carbonyl (C=O) groups excluding carboxylic acids is 1. The number of fused-ring (bicyclic) bond motifs is 3. The summed E-state index contributed by atoms with van der Waals surface area (Å²) < 4.78 is 1.85. The third-order valence-corrected chi connectivity index (χ3v) is 4.22. The molecule has 0 aliphatic rings. The molecule has 0 saturated heterocycles. The summed E-state index contributed by atoms with van der Waals surface area (Å²) in [6.45, 7) is 2.23. The average molecular weight is 352 g/mol. The molecule has 0 unspecified atom stereocenters. The number of hydrogen-bond acceptors (Lipinski definition) is 4. The maximum atomic E-state index is 12.7. The maximum Gasteiger partial charge on any atom is 0.274 e. The summed E-state index contributed by atoms with van der Waals surface area (Å²) in [5.41, 5.74) is 3.24. The molecule has 2 aromatic heterocycles. The molecule has 124 valence electrons. The van der Waals surface area contributed by atoms with E-state index in [0.29, 0.717) is 23.0 Å². The van der Waals surface area contributed by atoms with Gasteiger partial charge in [0.2, 0.25) is 0 Å². The second-order valence-electron chi connectivity index (χ2n) is 5.66. The van der Waals surface area contributed by atoms with Gasteiger partial charge in [0, 0.05) is 11.6 Å². The van der Waals surface area contributed by atoms with E-state index in [9.17, 15) is 4.79 Å². The van der Waals surface area contributed by atoms with Crippen LogP contribution in [0, 0.1) is 6.92 Å². The van der Waals surface area contributed by atoms with Gasteiger partial charge in [0.25, 0.3) is 5.91 Å². The van der Waals surface area contributed by atoms with Gasteiger partial charge in [-0.2, -0.15) is 0 Å². The number of carbonyl (C=O) groups is 1. The minimum atomic E-state index is -0.293.